The number of nitrogens with one attached hydrogen (secondary N) is 1. The van der Waals surface area contributed by atoms with Gasteiger partial charge >= 0.3 is 0 Å². The third-order valence-corrected chi connectivity index (χ3v) is 4.83. The van der Waals surface area contributed by atoms with Crippen molar-refractivity contribution in [2.24, 2.45) is 5.92 Å². The molecule has 4 nitrogen and oxygen atoms in total. The number of hydrogen-bond acceptors (Lipinski definition) is 3. The van der Waals surface area contributed by atoms with Crippen LogP contribution in [-0.2, 0) is 10.0 Å². The van der Waals surface area contributed by atoms with Crippen LogP contribution in [0.3, 0.4) is 0 Å². The van der Waals surface area contributed by atoms with E-state index in [2.05, 4.69) is 26.1 Å². The van der Waals surface area contributed by atoms with Crippen LogP contribution in [-0.4, -0.2) is 45.2 Å². The van der Waals surface area contributed by atoms with Gasteiger partial charge in [0.2, 0.25) is 10.0 Å². The van der Waals surface area contributed by atoms with E-state index in [-0.39, 0.29) is 5.75 Å². The second-order valence-corrected chi connectivity index (χ2v) is 6.91. The molecule has 17 heavy (non-hydrogen) atoms. The van der Waals surface area contributed by atoms with E-state index in [1.54, 1.807) is 7.05 Å². The van der Waals surface area contributed by atoms with E-state index >= 15 is 0 Å². The van der Waals surface area contributed by atoms with Crippen molar-refractivity contribution >= 4 is 10.0 Å². The highest BCUT2D eigenvalue weighted by Crippen LogP contribution is 2.07. The number of nitrogens with zero attached hydrogens (tertiary/aromatic N) is 1. The Labute approximate surface area is 107 Å². The molecule has 1 N–H and O–H groups in total. The van der Waals surface area contributed by atoms with Crippen molar-refractivity contribution in [3.63, 3.8) is 0 Å². The lowest BCUT2D eigenvalue weighted by atomic mass is 10.1. The molecule has 5 heteroatoms. The predicted octanol–water partition coefficient (Wildman–Crippen LogP) is 1.68. The Morgan fingerprint density at radius 3 is 2.41 bits per heavy atom. The summed E-state index contributed by atoms with van der Waals surface area (Å²) in [6.45, 7) is 8.63. The maximum Gasteiger partial charge on any atom is 0.213 e. The Kier molecular flexibility index (Phi) is 8.82. The van der Waals surface area contributed by atoms with Gasteiger partial charge < -0.3 is 5.32 Å². The van der Waals surface area contributed by atoms with Gasteiger partial charge in [0.05, 0.1) is 5.75 Å². The molecule has 0 saturated carbocycles. The van der Waals surface area contributed by atoms with Crippen molar-refractivity contribution in [2.45, 2.75) is 40.0 Å². The molecule has 1 atom stereocenters. The lowest BCUT2D eigenvalue weighted by Gasteiger charge is -2.20. The van der Waals surface area contributed by atoms with Crippen LogP contribution in [0.5, 0.6) is 0 Å². The summed E-state index contributed by atoms with van der Waals surface area (Å²) < 4.78 is 25.3. The first kappa shape index (κ1) is 16.9. The van der Waals surface area contributed by atoms with Gasteiger partial charge in [0, 0.05) is 13.6 Å². The molecule has 0 saturated heterocycles. The molecule has 0 aromatic heterocycles. The van der Waals surface area contributed by atoms with Crippen molar-refractivity contribution in [3.05, 3.63) is 0 Å². The Bertz CT molecular complexity index is 278. The zero-order chi connectivity index (χ0) is 13.3. The molecule has 0 rings (SSSR count). The normalized spacial score (nSPS) is 14.2. The monoisotopic (exact) mass is 264 g/mol. The molecule has 0 aromatic rings. The molecular formula is C12H28N2O2S. The quantitative estimate of drug-likeness (QED) is 0.611. The first-order valence-corrected chi connectivity index (χ1v) is 8.19. The average Bonchev–Trinajstić information content (AvgIpc) is 2.28. The van der Waals surface area contributed by atoms with Gasteiger partial charge in [-0.3, -0.25) is 0 Å². The van der Waals surface area contributed by atoms with E-state index in [0.29, 0.717) is 18.9 Å². The lowest BCUT2D eigenvalue weighted by molar-refractivity contribution is 0.393. The SMILES string of the molecule is CCCNCCCS(=O)(=O)N(C)CC(C)CC. The highest BCUT2D eigenvalue weighted by atomic mass is 32.2. The van der Waals surface area contributed by atoms with E-state index in [0.717, 1.165) is 25.9 Å². The largest absolute Gasteiger partial charge is 0.317 e. The number of rotatable bonds is 10. The molecule has 0 radical (unpaired) electrons. The second-order valence-electron chi connectivity index (χ2n) is 4.71. The molecule has 0 bridgehead atoms. The maximum absolute atomic E-state index is 11.9. The van der Waals surface area contributed by atoms with Crippen molar-refractivity contribution in [1.29, 1.82) is 0 Å². The van der Waals surface area contributed by atoms with Gasteiger partial charge in [-0.15, -0.1) is 0 Å². The van der Waals surface area contributed by atoms with Crippen molar-refractivity contribution < 1.29 is 8.42 Å². The highest BCUT2D eigenvalue weighted by Gasteiger charge is 2.18. The standard InChI is InChI=1S/C12H28N2O2S/c1-5-8-13-9-7-10-17(15,16)14(4)11-12(3)6-2/h12-13H,5-11H2,1-4H3. The fourth-order valence-electron chi connectivity index (χ4n) is 1.52. The van der Waals surface area contributed by atoms with Gasteiger partial charge in [-0.2, -0.15) is 0 Å². The van der Waals surface area contributed by atoms with Crippen molar-refractivity contribution in [3.8, 4) is 0 Å². The predicted molar refractivity (Wildman–Crippen MR) is 73.6 cm³/mol. The Hall–Kier alpha value is -0.130. The van der Waals surface area contributed by atoms with Crippen molar-refractivity contribution in [1.82, 2.24) is 9.62 Å². The van der Waals surface area contributed by atoms with Crippen LogP contribution in [0.25, 0.3) is 0 Å². The summed E-state index contributed by atoms with van der Waals surface area (Å²) in [6, 6.07) is 0. The van der Waals surface area contributed by atoms with Crippen LogP contribution in [0.4, 0.5) is 0 Å². The Balaban J connectivity index is 3.93. The topological polar surface area (TPSA) is 49.4 Å². The smallest absolute Gasteiger partial charge is 0.213 e. The molecule has 0 amide bonds. The molecule has 0 heterocycles. The Morgan fingerprint density at radius 2 is 1.88 bits per heavy atom. The van der Waals surface area contributed by atoms with Crippen molar-refractivity contribution in [2.75, 3.05) is 32.4 Å². The van der Waals surface area contributed by atoms with Gasteiger partial charge in [0.1, 0.15) is 0 Å². The lowest BCUT2D eigenvalue weighted by Crippen LogP contribution is -2.33. The minimum atomic E-state index is -3.06. The van der Waals surface area contributed by atoms with E-state index < -0.39 is 10.0 Å². The van der Waals surface area contributed by atoms with Crippen LogP contribution in [0.2, 0.25) is 0 Å². The summed E-state index contributed by atoms with van der Waals surface area (Å²) >= 11 is 0. The van der Waals surface area contributed by atoms with Gasteiger partial charge in [-0.05, 0) is 31.8 Å². The summed E-state index contributed by atoms with van der Waals surface area (Å²) in [5.74, 6) is 0.671. The van der Waals surface area contributed by atoms with Crippen LogP contribution in [0, 0.1) is 5.92 Å². The summed E-state index contributed by atoms with van der Waals surface area (Å²) in [7, 11) is -1.38. The molecule has 0 aromatic carbocycles. The first-order valence-electron chi connectivity index (χ1n) is 6.58. The van der Waals surface area contributed by atoms with Crippen LogP contribution in [0.15, 0.2) is 0 Å². The van der Waals surface area contributed by atoms with Gasteiger partial charge in [0.15, 0.2) is 0 Å². The molecule has 0 aliphatic carbocycles. The fraction of sp³-hybridized carbons (Fsp3) is 1.00. The fourth-order valence-corrected chi connectivity index (χ4v) is 2.82. The third-order valence-electron chi connectivity index (χ3n) is 2.92. The molecule has 0 spiro atoms. The summed E-state index contributed by atoms with van der Waals surface area (Å²) in [5.41, 5.74) is 0. The minimum Gasteiger partial charge on any atom is -0.317 e. The number of sulfonamides is 1. The summed E-state index contributed by atoms with van der Waals surface area (Å²) in [4.78, 5) is 0. The van der Waals surface area contributed by atoms with E-state index in [4.69, 9.17) is 0 Å². The minimum absolute atomic E-state index is 0.247. The van der Waals surface area contributed by atoms with Gasteiger partial charge in [0.25, 0.3) is 0 Å². The van der Waals surface area contributed by atoms with Gasteiger partial charge in [-0.1, -0.05) is 27.2 Å². The summed E-state index contributed by atoms with van der Waals surface area (Å²) in [6.07, 6.45) is 2.78. The van der Waals surface area contributed by atoms with Gasteiger partial charge in [-0.25, -0.2) is 12.7 Å². The zero-order valence-electron chi connectivity index (χ0n) is 11.7. The van der Waals surface area contributed by atoms with Crippen LogP contribution < -0.4 is 5.32 Å². The molecule has 104 valence electrons. The second kappa shape index (κ2) is 8.89. The van der Waals surface area contributed by atoms with E-state index in [9.17, 15) is 8.42 Å². The highest BCUT2D eigenvalue weighted by molar-refractivity contribution is 7.89. The first-order chi connectivity index (χ1) is 7.94. The van der Waals surface area contributed by atoms with E-state index in [1.165, 1.54) is 4.31 Å². The zero-order valence-corrected chi connectivity index (χ0v) is 12.5. The Morgan fingerprint density at radius 1 is 1.24 bits per heavy atom. The third kappa shape index (κ3) is 7.73. The number of hydrogen-bond donors (Lipinski definition) is 1. The average molecular weight is 264 g/mol. The van der Waals surface area contributed by atoms with Crippen LogP contribution >= 0.6 is 0 Å². The molecule has 0 aliphatic rings. The molecule has 0 fully saturated rings. The van der Waals surface area contributed by atoms with E-state index in [1.807, 2.05) is 0 Å². The summed E-state index contributed by atoms with van der Waals surface area (Å²) in [5, 5.41) is 3.22. The molecular weight excluding hydrogens is 236 g/mol. The maximum atomic E-state index is 11.9. The molecule has 0 aliphatic heterocycles. The molecule has 1 unspecified atom stereocenters. The van der Waals surface area contributed by atoms with Crippen LogP contribution in [0.1, 0.15) is 40.0 Å².